The van der Waals surface area contributed by atoms with Gasteiger partial charge >= 0.3 is 0 Å². The molecule has 3 heterocycles. The molecule has 2 aromatic rings. The summed E-state index contributed by atoms with van der Waals surface area (Å²) in [6.45, 7) is 3.37. The smallest absolute Gasteiger partial charge is 0.251 e. The van der Waals surface area contributed by atoms with E-state index in [9.17, 15) is 4.79 Å². The summed E-state index contributed by atoms with van der Waals surface area (Å²) in [7, 11) is 0. The van der Waals surface area contributed by atoms with Crippen LogP contribution in [0.3, 0.4) is 0 Å². The molecule has 1 aromatic heterocycles. The Hall–Kier alpha value is -1.88. The Labute approximate surface area is 117 Å². The lowest BCUT2D eigenvalue weighted by Gasteiger charge is -2.30. The Kier molecular flexibility index (Phi) is 2.73. The highest BCUT2D eigenvalue weighted by atomic mass is 16.3. The van der Waals surface area contributed by atoms with E-state index < -0.39 is 0 Å². The second-order valence-electron chi connectivity index (χ2n) is 5.86. The average molecular weight is 271 g/mol. The third-order valence-electron chi connectivity index (χ3n) is 4.39. The number of benzene rings is 1. The van der Waals surface area contributed by atoms with Crippen LogP contribution in [-0.4, -0.2) is 41.5 Å². The second kappa shape index (κ2) is 4.59. The number of hydrogen-bond donors (Lipinski definition) is 1. The molecule has 2 bridgehead atoms. The number of nitrogens with one attached hydrogen (secondary N) is 1. The van der Waals surface area contributed by atoms with Gasteiger partial charge in [-0.05, 0) is 43.5 Å². The number of fused-ring (bicyclic) bond motifs is 3. The van der Waals surface area contributed by atoms with Gasteiger partial charge in [-0.15, -0.1) is 0 Å². The number of hydrogen-bond acceptors (Lipinski definition) is 4. The van der Waals surface area contributed by atoms with Crippen molar-refractivity contribution in [3.05, 3.63) is 30.2 Å². The third kappa shape index (κ3) is 2.08. The fourth-order valence-electron chi connectivity index (χ4n) is 3.43. The van der Waals surface area contributed by atoms with Gasteiger partial charge in [0.15, 0.2) is 12.0 Å². The van der Waals surface area contributed by atoms with Gasteiger partial charge in [-0.1, -0.05) is 0 Å². The first-order valence-corrected chi connectivity index (χ1v) is 7.14. The number of aromatic nitrogens is 1. The zero-order valence-electron chi connectivity index (χ0n) is 11.2. The van der Waals surface area contributed by atoms with E-state index in [0.29, 0.717) is 11.1 Å². The van der Waals surface area contributed by atoms with Gasteiger partial charge in [-0.25, -0.2) is 4.98 Å². The van der Waals surface area contributed by atoms with Crippen LogP contribution in [0, 0.1) is 5.92 Å². The Balaban J connectivity index is 1.49. The molecular weight excluding hydrogens is 254 g/mol. The maximum atomic E-state index is 12.3. The number of amides is 1. The lowest BCUT2D eigenvalue weighted by atomic mass is 9.96. The summed E-state index contributed by atoms with van der Waals surface area (Å²) in [6, 6.07) is 5.65. The molecule has 3 atom stereocenters. The molecule has 2 fully saturated rings. The van der Waals surface area contributed by atoms with Crippen LogP contribution < -0.4 is 5.32 Å². The zero-order chi connectivity index (χ0) is 13.5. The summed E-state index contributed by atoms with van der Waals surface area (Å²) in [5.74, 6) is 0.745. The fourth-order valence-corrected chi connectivity index (χ4v) is 3.43. The molecule has 0 saturated carbocycles. The predicted octanol–water partition coefficient (Wildman–Crippen LogP) is 1.65. The topological polar surface area (TPSA) is 58.4 Å². The maximum Gasteiger partial charge on any atom is 0.251 e. The number of carbonyl (C=O) groups is 1. The van der Waals surface area contributed by atoms with Crippen LogP contribution in [-0.2, 0) is 0 Å². The van der Waals surface area contributed by atoms with Gasteiger partial charge in [0.2, 0.25) is 0 Å². The van der Waals surface area contributed by atoms with E-state index in [1.54, 1.807) is 18.2 Å². The molecule has 1 amide bonds. The highest BCUT2D eigenvalue weighted by molar-refractivity contribution is 5.97. The Bertz CT molecular complexity index is 639. The van der Waals surface area contributed by atoms with E-state index in [-0.39, 0.29) is 11.9 Å². The van der Waals surface area contributed by atoms with E-state index >= 15 is 0 Å². The second-order valence-corrected chi connectivity index (χ2v) is 5.86. The molecule has 0 radical (unpaired) electrons. The van der Waals surface area contributed by atoms with E-state index in [1.807, 2.05) is 0 Å². The van der Waals surface area contributed by atoms with Gasteiger partial charge in [0, 0.05) is 24.7 Å². The summed E-state index contributed by atoms with van der Waals surface area (Å²) in [6.07, 6.45) is 3.78. The van der Waals surface area contributed by atoms with Crippen LogP contribution in [0.15, 0.2) is 29.0 Å². The lowest BCUT2D eigenvalue weighted by Crippen LogP contribution is -2.47. The average Bonchev–Trinajstić information content (AvgIpc) is 3.04. The van der Waals surface area contributed by atoms with E-state index in [0.717, 1.165) is 24.4 Å². The Morgan fingerprint density at radius 3 is 3.25 bits per heavy atom. The molecule has 0 spiro atoms. The molecule has 2 saturated heterocycles. The molecule has 0 aliphatic carbocycles. The molecule has 104 valence electrons. The molecule has 1 N–H and O–H groups in total. The molecule has 5 heteroatoms. The monoisotopic (exact) mass is 271 g/mol. The third-order valence-corrected chi connectivity index (χ3v) is 4.39. The first kappa shape index (κ1) is 11.9. The summed E-state index contributed by atoms with van der Waals surface area (Å²) in [5.41, 5.74) is 2.09. The number of piperidine rings is 1. The predicted molar refractivity (Wildman–Crippen MR) is 74.4 cm³/mol. The van der Waals surface area contributed by atoms with Crippen molar-refractivity contribution in [1.82, 2.24) is 15.2 Å². The van der Waals surface area contributed by atoms with Crippen LogP contribution >= 0.6 is 0 Å². The summed E-state index contributed by atoms with van der Waals surface area (Å²) < 4.78 is 5.19. The molecule has 20 heavy (non-hydrogen) atoms. The van der Waals surface area contributed by atoms with Crippen LogP contribution in [0.1, 0.15) is 23.2 Å². The van der Waals surface area contributed by atoms with E-state index in [1.165, 1.54) is 25.9 Å². The van der Waals surface area contributed by atoms with Crippen molar-refractivity contribution in [2.75, 3.05) is 19.6 Å². The Morgan fingerprint density at radius 1 is 1.40 bits per heavy atom. The van der Waals surface area contributed by atoms with Crippen molar-refractivity contribution in [2.24, 2.45) is 5.92 Å². The van der Waals surface area contributed by atoms with Crippen molar-refractivity contribution in [3.63, 3.8) is 0 Å². The van der Waals surface area contributed by atoms with Crippen molar-refractivity contribution in [2.45, 2.75) is 18.9 Å². The van der Waals surface area contributed by atoms with Gasteiger partial charge < -0.3 is 14.6 Å². The first-order valence-electron chi connectivity index (χ1n) is 7.14. The summed E-state index contributed by atoms with van der Waals surface area (Å²) in [4.78, 5) is 18.9. The van der Waals surface area contributed by atoms with Crippen LogP contribution in [0.4, 0.5) is 0 Å². The van der Waals surface area contributed by atoms with Gasteiger partial charge in [0.25, 0.3) is 5.91 Å². The van der Waals surface area contributed by atoms with Gasteiger partial charge in [0.1, 0.15) is 5.52 Å². The standard InChI is InChI=1S/C15H17N3O2/c19-15(11-1-2-14-13(6-11)16-9-20-14)17-12-5-10-3-4-18(7-10)8-12/h1-2,6,9-10,12H,3-5,7-8H2,(H,17,19). The molecular formula is C15H17N3O2. The minimum absolute atomic E-state index is 0.0117. The molecule has 1 aromatic carbocycles. The number of nitrogens with zero attached hydrogens (tertiary/aromatic N) is 2. The molecule has 3 unspecified atom stereocenters. The van der Waals surface area contributed by atoms with Gasteiger partial charge in [-0.2, -0.15) is 0 Å². The van der Waals surface area contributed by atoms with Crippen molar-refractivity contribution in [3.8, 4) is 0 Å². The van der Waals surface area contributed by atoms with Gasteiger partial charge in [0.05, 0.1) is 0 Å². The summed E-state index contributed by atoms with van der Waals surface area (Å²) >= 11 is 0. The Morgan fingerprint density at radius 2 is 2.35 bits per heavy atom. The van der Waals surface area contributed by atoms with Crippen molar-refractivity contribution < 1.29 is 9.21 Å². The quantitative estimate of drug-likeness (QED) is 0.902. The van der Waals surface area contributed by atoms with Crippen molar-refractivity contribution >= 4 is 17.0 Å². The number of oxazole rings is 1. The van der Waals surface area contributed by atoms with Crippen LogP contribution in [0.5, 0.6) is 0 Å². The minimum Gasteiger partial charge on any atom is -0.443 e. The molecule has 4 rings (SSSR count). The van der Waals surface area contributed by atoms with E-state index in [2.05, 4.69) is 15.2 Å². The zero-order valence-corrected chi connectivity index (χ0v) is 11.2. The first-order chi connectivity index (χ1) is 9.78. The van der Waals surface area contributed by atoms with Crippen molar-refractivity contribution in [1.29, 1.82) is 0 Å². The SMILES string of the molecule is O=C(NC1CC2CCN(C2)C1)c1ccc2ocnc2c1. The highest BCUT2D eigenvalue weighted by Gasteiger charge is 2.32. The van der Waals surface area contributed by atoms with Crippen LogP contribution in [0.2, 0.25) is 0 Å². The maximum absolute atomic E-state index is 12.3. The summed E-state index contributed by atoms with van der Waals surface area (Å²) in [5, 5.41) is 3.15. The fraction of sp³-hybridized carbons (Fsp3) is 0.467. The molecule has 2 aliphatic heterocycles. The minimum atomic E-state index is -0.0117. The number of rotatable bonds is 2. The molecule has 5 nitrogen and oxygen atoms in total. The normalized spacial score (nSPS) is 28.7. The largest absolute Gasteiger partial charge is 0.443 e. The van der Waals surface area contributed by atoms with Crippen LogP contribution in [0.25, 0.3) is 11.1 Å². The van der Waals surface area contributed by atoms with Gasteiger partial charge in [-0.3, -0.25) is 4.79 Å². The number of carbonyl (C=O) groups excluding carboxylic acids is 1. The lowest BCUT2D eigenvalue weighted by molar-refractivity contribution is 0.0909. The molecule has 2 aliphatic rings. The highest BCUT2D eigenvalue weighted by Crippen LogP contribution is 2.27. The van der Waals surface area contributed by atoms with E-state index in [4.69, 9.17) is 4.42 Å².